The highest BCUT2D eigenvalue weighted by Crippen LogP contribution is 2.09. The molecule has 0 saturated carbocycles. The van der Waals surface area contributed by atoms with E-state index in [4.69, 9.17) is 4.43 Å². The van der Waals surface area contributed by atoms with E-state index in [-0.39, 0.29) is 8.31 Å². The molecule has 0 radical (unpaired) electrons. The molecule has 1 fully saturated rings. The van der Waals surface area contributed by atoms with Gasteiger partial charge in [-0.15, -0.1) is 0 Å². The summed E-state index contributed by atoms with van der Waals surface area (Å²) in [5.41, 5.74) is 0. The van der Waals surface area contributed by atoms with Crippen molar-refractivity contribution >= 4 is 25.4 Å². The molecule has 1 aliphatic rings. The summed E-state index contributed by atoms with van der Waals surface area (Å²) in [7, 11) is -0.238. The third-order valence-corrected chi connectivity index (χ3v) is 25.9. The quantitative estimate of drug-likeness (QED) is 0.611. The smallest absolute Gasteiger partial charge is 0.155 e. The molecule has 66 valence electrons. The molecule has 0 aromatic heterocycles. The Bertz CT molecular complexity index is 110. The normalized spacial score (nSPS) is 34.4. The van der Waals surface area contributed by atoms with E-state index in [0.29, 0.717) is 8.55 Å². The molecule has 11 heavy (non-hydrogen) atoms. The molecule has 0 amide bonds. The predicted octanol–water partition coefficient (Wildman–Crippen LogP) is 0.560. The Hall–Kier alpha value is 0.611. The summed E-state index contributed by atoms with van der Waals surface area (Å²) in [5, 5.41) is 0. The van der Waals surface area contributed by atoms with Crippen molar-refractivity contribution in [3.8, 4) is 0 Å². The van der Waals surface area contributed by atoms with Gasteiger partial charge in [-0.1, -0.05) is 26.3 Å². The van der Waals surface area contributed by atoms with Crippen LogP contribution in [0.15, 0.2) is 0 Å². The van der Waals surface area contributed by atoms with Crippen molar-refractivity contribution in [2.45, 2.75) is 38.4 Å². The van der Waals surface area contributed by atoms with E-state index in [1.54, 1.807) is 0 Å². The third kappa shape index (κ3) is 3.69. The lowest BCUT2D eigenvalue weighted by Crippen LogP contribution is -2.42. The zero-order chi connectivity index (χ0) is 8.10. The number of rotatable bonds is 3. The molecular weight excluding hydrogens is 184 g/mol. The standard InChI is InChI=1S/C7H20OSi3/c1-3-4-6-11-8-5-7-10(2)9-11/h10-11H,3-7,9H2,1-2H3. The van der Waals surface area contributed by atoms with E-state index in [0.717, 1.165) is 6.61 Å². The van der Waals surface area contributed by atoms with Crippen LogP contribution in [0.25, 0.3) is 0 Å². The van der Waals surface area contributed by atoms with Gasteiger partial charge in [0.15, 0.2) is 8.56 Å². The Morgan fingerprint density at radius 1 is 1.55 bits per heavy atom. The van der Waals surface area contributed by atoms with Crippen molar-refractivity contribution in [1.82, 2.24) is 0 Å². The van der Waals surface area contributed by atoms with Gasteiger partial charge in [-0.2, -0.15) is 0 Å². The molecule has 1 heterocycles. The van der Waals surface area contributed by atoms with Crippen LogP contribution >= 0.6 is 0 Å². The highest BCUT2D eigenvalue weighted by atomic mass is 29.6. The molecule has 4 heteroatoms. The fraction of sp³-hybridized carbons (Fsp3) is 1.00. The molecule has 0 bridgehead atoms. The van der Waals surface area contributed by atoms with Crippen LogP contribution in [0.1, 0.15) is 19.8 Å². The SMILES string of the molecule is CCCC[SiH]1OCC[SiH](C)[SiH2]1. The van der Waals surface area contributed by atoms with Gasteiger partial charge in [0.1, 0.15) is 0 Å². The van der Waals surface area contributed by atoms with Crippen molar-refractivity contribution in [2.24, 2.45) is 0 Å². The average Bonchev–Trinajstić information content (AvgIpc) is 2.01. The van der Waals surface area contributed by atoms with Gasteiger partial charge in [0.25, 0.3) is 0 Å². The van der Waals surface area contributed by atoms with Crippen LogP contribution in [0.5, 0.6) is 0 Å². The molecule has 1 aliphatic heterocycles. The van der Waals surface area contributed by atoms with Crippen molar-refractivity contribution in [1.29, 1.82) is 0 Å². The second-order valence-electron chi connectivity index (χ2n) is 3.76. The summed E-state index contributed by atoms with van der Waals surface area (Å²) in [4.78, 5) is 0. The number of hydrogen-bond donors (Lipinski definition) is 0. The topological polar surface area (TPSA) is 9.23 Å². The van der Waals surface area contributed by atoms with E-state index in [9.17, 15) is 0 Å². The first-order valence-electron chi connectivity index (χ1n) is 4.94. The maximum absolute atomic E-state index is 5.89. The van der Waals surface area contributed by atoms with Crippen LogP contribution in [0.2, 0.25) is 18.6 Å². The third-order valence-electron chi connectivity index (χ3n) is 2.51. The largest absolute Gasteiger partial charge is 0.425 e. The first kappa shape index (κ1) is 9.70. The Balaban J connectivity index is 2.12. The number of unbranched alkanes of at least 4 members (excludes halogenated alkanes) is 1. The first-order chi connectivity index (χ1) is 5.33. The van der Waals surface area contributed by atoms with Crippen LogP contribution in [0.3, 0.4) is 0 Å². The molecule has 2 atom stereocenters. The minimum atomic E-state index is -0.501. The average molecular weight is 204 g/mol. The summed E-state index contributed by atoms with van der Waals surface area (Å²) in [6, 6.07) is 3.02. The Morgan fingerprint density at radius 2 is 2.36 bits per heavy atom. The molecular formula is C7H20OSi3. The van der Waals surface area contributed by atoms with E-state index >= 15 is 0 Å². The van der Waals surface area contributed by atoms with Crippen molar-refractivity contribution in [3.63, 3.8) is 0 Å². The van der Waals surface area contributed by atoms with E-state index < -0.39 is 8.56 Å². The van der Waals surface area contributed by atoms with Gasteiger partial charge >= 0.3 is 0 Å². The summed E-state index contributed by atoms with van der Waals surface area (Å²) >= 11 is 0. The van der Waals surface area contributed by atoms with Crippen molar-refractivity contribution in [2.75, 3.05) is 6.61 Å². The maximum Gasteiger partial charge on any atom is 0.155 e. The van der Waals surface area contributed by atoms with Crippen LogP contribution in [0, 0.1) is 0 Å². The molecule has 0 aromatic carbocycles. The lowest BCUT2D eigenvalue weighted by Gasteiger charge is -2.24. The summed E-state index contributed by atoms with van der Waals surface area (Å²) in [6.07, 6.45) is 2.82. The van der Waals surface area contributed by atoms with Crippen LogP contribution in [-0.4, -0.2) is 32.0 Å². The fourth-order valence-electron chi connectivity index (χ4n) is 1.70. The van der Waals surface area contributed by atoms with Gasteiger partial charge in [-0.25, -0.2) is 0 Å². The van der Waals surface area contributed by atoms with E-state index in [1.165, 1.54) is 24.9 Å². The lowest BCUT2D eigenvalue weighted by molar-refractivity contribution is 0.349. The van der Waals surface area contributed by atoms with Crippen LogP contribution in [0.4, 0.5) is 0 Å². The van der Waals surface area contributed by atoms with Gasteiger partial charge < -0.3 is 4.43 Å². The van der Waals surface area contributed by atoms with Crippen LogP contribution < -0.4 is 0 Å². The summed E-state index contributed by atoms with van der Waals surface area (Å²) < 4.78 is 5.89. The maximum atomic E-state index is 5.89. The molecule has 1 nitrogen and oxygen atoms in total. The van der Waals surface area contributed by atoms with Crippen molar-refractivity contribution in [3.05, 3.63) is 0 Å². The van der Waals surface area contributed by atoms with Gasteiger partial charge in [0.2, 0.25) is 0 Å². The minimum Gasteiger partial charge on any atom is -0.425 e. The Kier molecular flexibility index (Phi) is 4.66. The first-order valence-corrected chi connectivity index (χ1v) is 14.7. The predicted molar refractivity (Wildman–Crippen MR) is 59.2 cm³/mol. The Morgan fingerprint density at radius 3 is 3.00 bits per heavy atom. The van der Waals surface area contributed by atoms with Crippen molar-refractivity contribution < 1.29 is 4.43 Å². The summed E-state index contributed by atoms with van der Waals surface area (Å²) in [6.45, 7) is 6.02. The van der Waals surface area contributed by atoms with Crippen LogP contribution in [-0.2, 0) is 4.43 Å². The molecule has 0 aliphatic carbocycles. The fourth-order valence-corrected chi connectivity index (χ4v) is 25.4. The van der Waals surface area contributed by atoms with Gasteiger partial charge in [-0.05, 0) is 12.1 Å². The molecule has 1 rings (SSSR count). The van der Waals surface area contributed by atoms with Gasteiger partial charge in [0.05, 0.1) is 0 Å². The van der Waals surface area contributed by atoms with E-state index in [1.807, 2.05) is 0 Å². The zero-order valence-corrected chi connectivity index (χ0v) is 11.5. The van der Waals surface area contributed by atoms with Gasteiger partial charge in [0, 0.05) is 23.5 Å². The minimum absolute atomic E-state index is 0.119. The molecule has 1 saturated heterocycles. The Labute approximate surface area is 75.3 Å². The second kappa shape index (κ2) is 5.29. The highest BCUT2D eigenvalue weighted by molar-refractivity contribution is 7.40. The zero-order valence-electron chi connectivity index (χ0n) is 7.81. The number of hydrogen-bond acceptors (Lipinski definition) is 1. The monoisotopic (exact) mass is 204 g/mol. The lowest BCUT2D eigenvalue weighted by atomic mass is 10.4. The summed E-state index contributed by atoms with van der Waals surface area (Å²) in [5.74, 6) is 0. The highest BCUT2D eigenvalue weighted by Gasteiger charge is 2.21. The molecule has 0 spiro atoms. The second-order valence-corrected chi connectivity index (χ2v) is 21.7. The molecule has 0 aromatic rings. The van der Waals surface area contributed by atoms with Gasteiger partial charge in [-0.3, -0.25) is 0 Å². The van der Waals surface area contributed by atoms with E-state index in [2.05, 4.69) is 13.5 Å². The molecule has 2 unspecified atom stereocenters. The molecule has 0 N–H and O–H groups in total.